The smallest absolute Gasteiger partial charge is 0.307 e. The summed E-state index contributed by atoms with van der Waals surface area (Å²) in [5, 5.41) is 21.5. The van der Waals surface area contributed by atoms with Crippen molar-refractivity contribution >= 4 is 63.6 Å². The number of carbonyl (C=O) groups excluding carboxylic acids is 3. The lowest BCUT2D eigenvalue weighted by Crippen LogP contribution is -2.18. The van der Waals surface area contributed by atoms with Crippen LogP contribution in [-0.4, -0.2) is 89.2 Å². The van der Waals surface area contributed by atoms with Gasteiger partial charge in [-0.1, -0.05) is 60.7 Å². The highest BCUT2D eigenvalue weighted by molar-refractivity contribution is 6.17. The van der Waals surface area contributed by atoms with Crippen LogP contribution in [0.3, 0.4) is 0 Å². The van der Waals surface area contributed by atoms with Gasteiger partial charge < -0.3 is 30.2 Å². The summed E-state index contributed by atoms with van der Waals surface area (Å²) < 4.78 is 0. The Morgan fingerprint density at radius 1 is 0.689 bits per heavy atom. The molecule has 4 atom stereocenters. The van der Waals surface area contributed by atoms with E-state index in [2.05, 4.69) is 59.4 Å². The number of anilines is 1. The van der Waals surface area contributed by atoms with Crippen LogP contribution in [0.15, 0.2) is 95.1 Å². The van der Waals surface area contributed by atoms with E-state index in [1.165, 1.54) is 5.56 Å². The number of nitrogens with one attached hydrogen (secondary N) is 5. The first-order valence-electron chi connectivity index (χ1n) is 20.3. The van der Waals surface area contributed by atoms with E-state index < -0.39 is 5.97 Å². The number of nitrogens with zero attached hydrogens (tertiary/aromatic N) is 4. The molecule has 10 rings (SSSR count). The van der Waals surface area contributed by atoms with Gasteiger partial charge >= 0.3 is 5.97 Å². The lowest BCUT2D eigenvalue weighted by Gasteiger charge is -2.08. The highest BCUT2D eigenvalue weighted by Crippen LogP contribution is 2.48. The quantitative estimate of drug-likeness (QED) is 0.0956. The van der Waals surface area contributed by atoms with E-state index in [0.29, 0.717) is 23.4 Å². The molecule has 4 aliphatic rings. The average molecular weight is 820 g/mol. The minimum absolute atomic E-state index is 0.0130. The average Bonchev–Trinajstić information content (AvgIpc) is 4.15. The zero-order valence-corrected chi connectivity index (χ0v) is 34.7. The summed E-state index contributed by atoms with van der Waals surface area (Å²) in [6.45, 7) is 3.45. The monoisotopic (exact) mass is 819 g/mol. The number of hydrogen-bond acceptors (Lipinski definition) is 8. The molecule has 4 aromatic carbocycles. The van der Waals surface area contributed by atoms with Crippen LogP contribution in [0.25, 0.3) is 21.8 Å². The molecule has 2 aromatic heterocycles. The number of hydrogen-bond donors (Lipinski definition) is 6. The van der Waals surface area contributed by atoms with Crippen LogP contribution in [0.1, 0.15) is 84.6 Å². The van der Waals surface area contributed by atoms with Crippen molar-refractivity contribution in [2.24, 2.45) is 22.0 Å². The largest absolute Gasteiger partial charge is 0.481 e. The molecule has 14 nitrogen and oxygen atoms in total. The maximum atomic E-state index is 12.8. The number of aromatic nitrogens is 2. The standard InChI is InChI=1S/C23H23N5O2.C14H16N4O.C10H10O2/c1-28(2)12-20-18-11-24-27-23(30)17-8-14(9-19(26-20)21(17)18)25-22(29)16-10-15(16)13-6-4-3-5-7-13;1-8-4-9-13-10(6-15-17-14(9)19)12(7-18(2)3)16-11(13)5-8;11-10(12)9-6-8(9)7-4-2-1-3-5-7/h3-9,11,15-16,26H,10,12H2,1-2H3,(H,25,29)(H,27,30);4-6,16H,7H2,1-3H3,(H,17,19);1-5,8-9H,6H2,(H,11,12)/t15-,16+;;8-,9+/m0.0/s1. The summed E-state index contributed by atoms with van der Waals surface area (Å²) in [5.74, 6) is -0.755. The number of carboxylic acid groups (broad SMARTS) is 1. The normalized spacial score (nSPS) is 19.3. The van der Waals surface area contributed by atoms with E-state index in [4.69, 9.17) is 5.11 Å². The molecule has 0 saturated heterocycles. The second-order valence-corrected chi connectivity index (χ2v) is 16.6. The van der Waals surface area contributed by atoms with Gasteiger partial charge in [-0.3, -0.25) is 19.2 Å². The van der Waals surface area contributed by atoms with Crippen LogP contribution in [-0.2, 0) is 22.7 Å². The number of carbonyl (C=O) groups is 4. The Labute approximate surface area is 353 Å². The molecule has 2 aliphatic heterocycles. The molecule has 0 radical (unpaired) electrons. The minimum atomic E-state index is -0.663. The number of aryl methyl sites for hydroxylation is 1. The minimum Gasteiger partial charge on any atom is -0.481 e. The molecule has 6 N–H and O–H groups in total. The van der Waals surface area contributed by atoms with Crippen molar-refractivity contribution in [1.29, 1.82) is 0 Å². The van der Waals surface area contributed by atoms with Gasteiger partial charge in [-0.05, 0) is 101 Å². The Morgan fingerprint density at radius 2 is 1.16 bits per heavy atom. The predicted molar refractivity (Wildman–Crippen MR) is 237 cm³/mol. The first kappa shape index (κ1) is 40.9. The first-order chi connectivity index (χ1) is 29.4. The fourth-order valence-electron chi connectivity index (χ4n) is 8.32. The van der Waals surface area contributed by atoms with E-state index in [-0.39, 0.29) is 41.4 Å². The number of carboxylic acids is 1. The Kier molecular flexibility index (Phi) is 11.4. The highest BCUT2D eigenvalue weighted by Gasteiger charge is 2.44. The van der Waals surface area contributed by atoms with Crippen LogP contribution in [0.4, 0.5) is 5.69 Å². The lowest BCUT2D eigenvalue weighted by molar-refractivity contribution is -0.138. The second kappa shape index (κ2) is 17.0. The summed E-state index contributed by atoms with van der Waals surface area (Å²) in [7, 11) is 8.00. The van der Waals surface area contributed by atoms with Crippen molar-refractivity contribution < 1.29 is 24.3 Å². The number of amides is 3. The lowest BCUT2D eigenvalue weighted by atomic mass is 10.0. The molecule has 4 heterocycles. The third kappa shape index (κ3) is 8.86. The fourth-order valence-corrected chi connectivity index (χ4v) is 8.32. The molecule has 3 amide bonds. The van der Waals surface area contributed by atoms with E-state index >= 15 is 0 Å². The van der Waals surface area contributed by atoms with Gasteiger partial charge in [-0.15, -0.1) is 0 Å². The number of hydrazone groups is 2. The topological polar surface area (TPSA) is 187 Å². The van der Waals surface area contributed by atoms with Gasteiger partial charge in [0.1, 0.15) is 0 Å². The maximum absolute atomic E-state index is 12.8. The van der Waals surface area contributed by atoms with E-state index in [1.54, 1.807) is 18.5 Å². The third-order valence-corrected chi connectivity index (χ3v) is 11.3. The Bertz CT molecular complexity index is 2720. The maximum Gasteiger partial charge on any atom is 0.307 e. The SMILES string of the molecule is CN(C)Cc1[nH]c2cc(NC(=O)[C@@H]3C[C@H]3c3ccccc3)cc3c2c1C=NNC3=O.Cc1cc2c3c(c(CN(C)C)[nH]c3c1)C=NNC2=O.O=C(O)[C@@H]1C[C@H]1c1ccccc1. The molecule has 312 valence electrons. The van der Waals surface area contributed by atoms with Crippen LogP contribution in [0, 0.1) is 18.8 Å². The van der Waals surface area contributed by atoms with Gasteiger partial charge in [0.2, 0.25) is 5.91 Å². The fraction of sp³-hybridized carbons (Fsp3) is 0.277. The third-order valence-electron chi connectivity index (χ3n) is 11.3. The molecule has 0 spiro atoms. The van der Waals surface area contributed by atoms with Crippen molar-refractivity contribution in [1.82, 2.24) is 30.6 Å². The zero-order chi connectivity index (χ0) is 42.9. The van der Waals surface area contributed by atoms with Gasteiger partial charge in [-0.25, -0.2) is 10.9 Å². The predicted octanol–water partition coefficient (Wildman–Crippen LogP) is 6.54. The number of H-pyrrole nitrogens is 2. The Balaban J connectivity index is 0.000000141. The summed E-state index contributed by atoms with van der Waals surface area (Å²) >= 11 is 0. The van der Waals surface area contributed by atoms with Gasteiger partial charge in [0, 0.05) is 69.0 Å². The van der Waals surface area contributed by atoms with E-state index in [1.807, 2.05) is 101 Å². The zero-order valence-electron chi connectivity index (χ0n) is 34.7. The van der Waals surface area contributed by atoms with Crippen molar-refractivity contribution in [2.45, 2.75) is 44.7 Å². The van der Waals surface area contributed by atoms with Crippen molar-refractivity contribution in [3.8, 4) is 0 Å². The van der Waals surface area contributed by atoms with Crippen molar-refractivity contribution in [3.05, 3.63) is 135 Å². The molecule has 14 heteroatoms. The van der Waals surface area contributed by atoms with Crippen LogP contribution >= 0.6 is 0 Å². The summed E-state index contributed by atoms with van der Waals surface area (Å²) in [6, 6.07) is 27.5. The second-order valence-electron chi connectivity index (χ2n) is 16.6. The molecule has 6 aromatic rings. The van der Waals surface area contributed by atoms with Crippen molar-refractivity contribution in [2.75, 3.05) is 33.5 Å². The number of aromatic amines is 2. The van der Waals surface area contributed by atoms with Gasteiger partial charge in [-0.2, -0.15) is 10.2 Å². The highest BCUT2D eigenvalue weighted by atomic mass is 16.4. The summed E-state index contributed by atoms with van der Waals surface area (Å²) in [5.41, 5.74) is 16.1. The van der Waals surface area contributed by atoms with E-state index in [9.17, 15) is 19.2 Å². The molecular formula is C47H49N9O5. The van der Waals surface area contributed by atoms with Gasteiger partial charge in [0.15, 0.2) is 0 Å². The summed E-state index contributed by atoms with van der Waals surface area (Å²) in [4.78, 5) is 58.9. The van der Waals surface area contributed by atoms with Gasteiger partial charge in [0.05, 0.1) is 29.5 Å². The van der Waals surface area contributed by atoms with Crippen molar-refractivity contribution in [3.63, 3.8) is 0 Å². The molecule has 0 bridgehead atoms. The molecular weight excluding hydrogens is 771 g/mol. The Hall–Kier alpha value is -6.90. The molecule has 0 unspecified atom stereocenters. The number of aliphatic carboxylic acids is 1. The molecule has 61 heavy (non-hydrogen) atoms. The van der Waals surface area contributed by atoms with Gasteiger partial charge in [0.25, 0.3) is 11.8 Å². The summed E-state index contributed by atoms with van der Waals surface area (Å²) in [6.07, 6.45) is 5.05. The molecule has 2 aliphatic carbocycles. The Morgan fingerprint density at radius 3 is 1.66 bits per heavy atom. The van der Waals surface area contributed by atoms with Crippen LogP contribution in [0.5, 0.6) is 0 Å². The van der Waals surface area contributed by atoms with Crippen LogP contribution in [0.2, 0.25) is 0 Å². The molecule has 2 saturated carbocycles. The molecule has 2 fully saturated rings. The van der Waals surface area contributed by atoms with E-state index in [0.717, 1.165) is 74.8 Å². The number of benzene rings is 4. The first-order valence-corrected chi connectivity index (χ1v) is 20.3. The number of rotatable bonds is 9. The van der Waals surface area contributed by atoms with Crippen LogP contribution < -0.4 is 16.2 Å².